The van der Waals surface area contributed by atoms with E-state index in [1.54, 1.807) is 32.4 Å². The molecule has 0 fully saturated rings. The Hall–Kier alpha value is -4.11. The second-order valence-corrected chi connectivity index (χ2v) is 8.56. The predicted octanol–water partition coefficient (Wildman–Crippen LogP) is 4.14. The van der Waals surface area contributed by atoms with E-state index in [0.717, 1.165) is 17.1 Å². The van der Waals surface area contributed by atoms with Crippen molar-refractivity contribution in [3.05, 3.63) is 72.4 Å². The lowest BCUT2D eigenvalue weighted by molar-refractivity contribution is 0.0739. The van der Waals surface area contributed by atoms with Gasteiger partial charge >= 0.3 is 0 Å². The molecule has 2 N–H and O–H groups in total. The van der Waals surface area contributed by atoms with Crippen LogP contribution in [-0.2, 0) is 5.60 Å². The van der Waals surface area contributed by atoms with Gasteiger partial charge in [-0.2, -0.15) is 0 Å². The zero-order valence-electron chi connectivity index (χ0n) is 19.2. The molecule has 0 aromatic carbocycles. The second-order valence-electron chi connectivity index (χ2n) is 8.56. The first-order chi connectivity index (χ1) is 16.4. The van der Waals surface area contributed by atoms with Gasteiger partial charge in [-0.3, -0.25) is 4.98 Å². The monoisotopic (exact) mass is 455 g/mol. The third kappa shape index (κ3) is 4.51. The van der Waals surface area contributed by atoms with Crippen molar-refractivity contribution in [1.82, 2.24) is 24.9 Å². The molecule has 0 amide bonds. The van der Waals surface area contributed by atoms with Gasteiger partial charge in [-0.05, 0) is 51.1 Å². The van der Waals surface area contributed by atoms with Crippen molar-refractivity contribution in [2.75, 3.05) is 23.4 Å². The van der Waals surface area contributed by atoms with Crippen molar-refractivity contribution in [1.29, 1.82) is 0 Å². The Morgan fingerprint density at radius 2 is 1.88 bits per heavy atom. The van der Waals surface area contributed by atoms with E-state index >= 15 is 0 Å². The minimum atomic E-state index is -1.03. The molecule has 1 aliphatic rings. The summed E-state index contributed by atoms with van der Waals surface area (Å²) in [5.74, 6) is 2.51. The van der Waals surface area contributed by atoms with Crippen LogP contribution >= 0.6 is 0 Å². The number of hydrogen-bond donors (Lipinski definition) is 2. The third-order valence-corrected chi connectivity index (χ3v) is 5.40. The first-order valence-electron chi connectivity index (χ1n) is 11.0. The SMILES string of the molecule is Cc1cccc(-c2ncc3c(n2)N(c2ccnc(Nc4ccnc(C(C)(C)O)c4)c2)CCO3)n1. The largest absolute Gasteiger partial charge is 0.486 e. The lowest BCUT2D eigenvalue weighted by Crippen LogP contribution is -2.30. The van der Waals surface area contributed by atoms with Crippen LogP contribution in [0, 0.1) is 6.92 Å². The number of pyridine rings is 3. The predicted molar refractivity (Wildman–Crippen MR) is 130 cm³/mol. The van der Waals surface area contributed by atoms with Gasteiger partial charge in [0, 0.05) is 35.5 Å². The lowest BCUT2D eigenvalue weighted by Gasteiger charge is -2.30. The van der Waals surface area contributed by atoms with E-state index in [-0.39, 0.29) is 0 Å². The molecule has 0 unspecified atom stereocenters. The number of fused-ring (bicyclic) bond motifs is 1. The Bertz CT molecular complexity index is 1340. The first kappa shape index (κ1) is 21.7. The van der Waals surface area contributed by atoms with E-state index in [9.17, 15) is 5.11 Å². The van der Waals surface area contributed by atoms with Crippen LogP contribution in [0.25, 0.3) is 11.5 Å². The van der Waals surface area contributed by atoms with E-state index < -0.39 is 5.60 Å². The van der Waals surface area contributed by atoms with Crippen LogP contribution in [0.4, 0.5) is 23.0 Å². The molecule has 1 aliphatic heterocycles. The molecular formula is C25H25N7O2. The van der Waals surface area contributed by atoms with Gasteiger partial charge in [0.1, 0.15) is 23.7 Å². The Balaban J connectivity index is 1.46. The number of hydrogen-bond acceptors (Lipinski definition) is 9. The molecule has 5 rings (SSSR count). The van der Waals surface area contributed by atoms with Gasteiger partial charge in [0.2, 0.25) is 0 Å². The molecule has 5 heterocycles. The highest BCUT2D eigenvalue weighted by Gasteiger charge is 2.24. The number of aromatic nitrogens is 5. The summed E-state index contributed by atoms with van der Waals surface area (Å²) >= 11 is 0. The molecule has 4 aromatic rings. The maximum Gasteiger partial charge on any atom is 0.180 e. The van der Waals surface area contributed by atoms with Crippen LogP contribution in [-0.4, -0.2) is 43.2 Å². The molecule has 0 bridgehead atoms. The number of aliphatic hydroxyl groups is 1. The summed E-state index contributed by atoms with van der Waals surface area (Å²) in [4.78, 5) is 24.6. The third-order valence-electron chi connectivity index (χ3n) is 5.40. The normalized spacial score (nSPS) is 13.2. The lowest BCUT2D eigenvalue weighted by atomic mass is 10.0. The molecule has 9 heteroatoms. The van der Waals surface area contributed by atoms with E-state index in [1.807, 2.05) is 49.4 Å². The number of aryl methyl sites for hydroxylation is 1. The highest BCUT2D eigenvalue weighted by Crippen LogP contribution is 2.36. The van der Waals surface area contributed by atoms with Crippen LogP contribution in [0.15, 0.2) is 61.1 Å². The fourth-order valence-corrected chi connectivity index (χ4v) is 3.70. The molecule has 9 nitrogen and oxygen atoms in total. The maximum absolute atomic E-state index is 10.3. The van der Waals surface area contributed by atoms with Gasteiger partial charge in [-0.15, -0.1) is 0 Å². The van der Waals surface area contributed by atoms with Crippen LogP contribution < -0.4 is 15.0 Å². The summed E-state index contributed by atoms with van der Waals surface area (Å²) in [6.45, 7) is 6.50. The quantitative estimate of drug-likeness (QED) is 0.459. The average molecular weight is 456 g/mol. The fraction of sp³-hybridized carbons (Fsp3) is 0.240. The summed E-state index contributed by atoms with van der Waals surface area (Å²) in [6.07, 6.45) is 5.11. The van der Waals surface area contributed by atoms with Gasteiger partial charge in [0.05, 0.1) is 18.4 Å². The fourth-order valence-electron chi connectivity index (χ4n) is 3.70. The van der Waals surface area contributed by atoms with E-state index in [2.05, 4.69) is 30.2 Å². The Kier molecular flexibility index (Phi) is 5.54. The molecule has 172 valence electrons. The van der Waals surface area contributed by atoms with Crippen LogP contribution in [0.1, 0.15) is 25.2 Å². The average Bonchev–Trinajstić information content (AvgIpc) is 2.83. The molecule has 0 saturated heterocycles. The molecule has 0 radical (unpaired) electrons. The highest BCUT2D eigenvalue weighted by atomic mass is 16.5. The van der Waals surface area contributed by atoms with Gasteiger partial charge in [0.25, 0.3) is 0 Å². The molecule has 0 atom stereocenters. The van der Waals surface area contributed by atoms with Crippen molar-refractivity contribution in [2.24, 2.45) is 0 Å². The summed E-state index contributed by atoms with van der Waals surface area (Å²) in [6, 6.07) is 13.3. The first-order valence-corrected chi connectivity index (χ1v) is 11.0. The van der Waals surface area contributed by atoms with E-state index in [4.69, 9.17) is 9.72 Å². The Morgan fingerprint density at radius 1 is 1.03 bits per heavy atom. The molecule has 0 spiro atoms. The number of rotatable bonds is 5. The van der Waals surface area contributed by atoms with E-state index in [0.29, 0.717) is 47.7 Å². The van der Waals surface area contributed by atoms with Crippen molar-refractivity contribution >= 4 is 23.0 Å². The summed E-state index contributed by atoms with van der Waals surface area (Å²) in [7, 11) is 0. The Morgan fingerprint density at radius 3 is 2.71 bits per heavy atom. The number of anilines is 4. The Labute approximate surface area is 197 Å². The second kappa shape index (κ2) is 8.68. The van der Waals surface area contributed by atoms with Crippen molar-refractivity contribution in [3.8, 4) is 17.3 Å². The van der Waals surface area contributed by atoms with Crippen LogP contribution in [0.3, 0.4) is 0 Å². The van der Waals surface area contributed by atoms with Gasteiger partial charge in [0.15, 0.2) is 17.4 Å². The topological polar surface area (TPSA) is 109 Å². The maximum atomic E-state index is 10.3. The smallest absolute Gasteiger partial charge is 0.180 e. The molecule has 4 aromatic heterocycles. The molecule has 34 heavy (non-hydrogen) atoms. The zero-order valence-corrected chi connectivity index (χ0v) is 19.2. The molecular weight excluding hydrogens is 430 g/mol. The van der Waals surface area contributed by atoms with Gasteiger partial charge < -0.3 is 20.1 Å². The number of ether oxygens (including phenoxy) is 1. The standard InChI is InChI=1S/C25H25N7O2/c1-16-5-4-6-19(29-16)23-28-15-20-24(31-23)32(11-12-34-20)18-8-10-27-22(14-18)30-17-7-9-26-21(13-17)25(2,3)33/h4-10,13-15,33H,11-12H2,1-3H3,(H,26,27,30). The molecule has 0 saturated carbocycles. The summed E-state index contributed by atoms with van der Waals surface area (Å²) < 4.78 is 5.81. The summed E-state index contributed by atoms with van der Waals surface area (Å²) in [5.41, 5.74) is 2.86. The summed E-state index contributed by atoms with van der Waals surface area (Å²) in [5, 5.41) is 13.6. The number of nitrogens with one attached hydrogen (secondary N) is 1. The van der Waals surface area contributed by atoms with Gasteiger partial charge in [-0.1, -0.05) is 6.07 Å². The minimum absolute atomic E-state index is 0.517. The molecule has 0 aliphatic carbocycles. The zero-order chi connectivity index (χ0) is 23.7. The van der Waals surface area contributed by atoms with Crippen molar-refractivity contribution in [2.45, 2.75) is 26.4 Å². The number of nitrogens with zero attached hydrogens (tertiary/aromatic N) is 6. The van der Waals surface area contributed by atoms with Crippen LogP contribution in [0.2, 0.25) is 0 Å². The minimum Gasteiger partial charge on any atom is -0.486 e. The van der Waals surface area contributed by atoms with Crippen LogP contribution in [0.5, 0.6) is 5.75 Å². The van der Waals surface area contributed by atoms with E-state index in [1.165, 1.54) is 0 Å². The highest BCUT2D eigenvalue weighted by molar-refractivity contribution is 5.71. The van der Waals surface area contributed by atoms with Gasteiger partial charge in [-0.25, -0.2) is 19.9 Å². The van der Waals surface area contributed by atoms with Crippen molar-refractivity contribution in [3.63, 3.8) is 0 Å². The van der Waals surface area contributed by atoms with Crippen molar-refractivity contribution < 1.29 is 9.84 Å².